The zero-order chi connectivity index (χ0) is 10.0. The molecule has 0 bridgehead atoms. The van der Waals surface area contributed by atoms with E-state index in [1.54, 1.807) is 12.1 Å². The number of benzene rings is 1. The van der Waals surface area contributed by atoms with Crippen LogP contribution < -0.4 is 10.5 Å². The molecule has 0 heterocycles. The third-order valence-corrected chi connectivity index (χ3v) is 1.97. The molecule has 0 saturated carbocycles. The van der Waals surface area contributed by atoms with Gasteiger partial charge in [-0.15, -0.1) is 0 Å². The number of methoxy groups -OCH3 is 1. The molecule has 2 N–H and O–H groups in total. The highest BCUT2D eigenvalue weighted by Gasteiger charge is 2.09. The summed E-state index contributed by atoms with van der Waals surface area (Å²) in [7, 11) is 1.52. The normalized spacial score (nSPS) is 9.77. The minimum Gasteiger partial charge on any atom is -0.496 e. The van der Waals surface area contributed by atoms with Gasteiger partial charge in [-0.25, -0.2) is 0 Å². The second-order valence-corrected chi connectivity index (χ2v) is 2.97. The number of hydrogen-bond donors (Lipinski definition) is 1. The molecule has 13 heavy (non-hydrogen) atoms. The first kappa shape index (κ1) is 9.58. The fourth-order valence-corrected chi connectivity index (χ4v) is 1.15. The molecule has 0 spiro atoms. The zero-order valence-electron chi connectivity index (χ0n) is 8.05. The van der Waals surface area contributed by atoms with Crippen LogP contribution in [0.15, 0.2) is 12.1 Å². The highest BCUT2D eigenvalue weighted by molar-refractivity contribution is 5.97. The van der Waals surface area contributed by atoms with Gasteiger partial charge in [0, 0.05) is 11.8 Å². The van der Waals surface area contributed by atoms with Gasteiger partial charge in [-0.2, -0.15) is 0 Å². The van der Waals surface area contributed by atoms with Gasteiger partial charge in [-0.1, -0.05) is 0 Å². The van der Waals surface area contributed by atoms with Crippen LogP contribution in [0.25, 0.3) is 0 Å². The van der Waals surface area contributed by atoms with E-state index in [2.05, 4.69) is 0 Å². The van der Waals surface area contributed by atoms with Crippen molar-refractivity contribution in [3.8, 4) is 5.75 Å². The molecule has 0 unspecified atom stereocenters. The van der Waals surface area contributed by atoms with Crippen LogP contribution >= 0.6 is 0 Å². The standard InChI is InChI=1S/C10H13NO2/c1-6-4-8(7(2)12)10(13-3)5-9(6)11/h4-5H,11H2,1-3H3. The summed E-state index contributed by atoms with van der Waals surface area (Å²) in [5.74, 6) is 0.524. The summed E-state index contributed by atoms with van der Waals surface area (Å²) in [6.45, 7) is 3.37. The molecule has 1 aromatic rings. The maximum absolute atomic E-state index is 11.2. The summed E-state index contributed by atoms with van der Waals surface area (Å²) >= 11 is 0. The summed E-state index contributed by atoms with van der Waals surface area (Å²) in [5, 5.41) is 0. The lowest BCUT2D eigenvalue weighted by atomic mass is 10.1. The van der Waals surface area contributed by atoms with Crippen LogP contribution in [-0.4, -0.2) is 12.9 Å². The van der Waals surface area contributed by atoms with Gasteiger partial charge in [0.25, 0.3) is 0 Å². The van der Waals surface area contributed by atoms with E-state index >= 15 is 0 Å². The maximum Gasteiger partial charge on any atom is 0.163 e. The number of rotatable bonds is 2. The van der Waals surface area contributed by atoms with Gasteiger partial charge < -0.3 is 10.5 Å². The summed E-state index contributed by atoms with van der Waals surface area (Å²) in [5.41, 5.74) is 7.79. The number of aryl methyl sites for hydroxylation is 1. The van der Waals surface area contributed by atoms with E-state index in [1.807, 2.05) is 6.92 Å². The Morgan fingerprint density at radius 3 is 2.54 bits per heavy atom. The summed E-state index contributed by atoms with van der Waals surface area (Å²) in [6, 6.07) is 3.42. The van der Waals surface area contributed by atoms with Crippen molar-refractivity contribution in [3.05, 3.63) is 23.3 Å². The van der Waals surface area contributed by atoms with Crippen LogP contribution in [0.3, 0.4) is 0 Å². The van der Waals surface area contributed by atoms with E-state index < -0.39 is 0 Å². The van der Waals surface area contributed by atoms with Crippen molar-refractivity contribution >= 4 is 11.5 Å². The van der Waals surface area contributed by atoms with Crippen molar-refractivity contribution in [2.24, 2.45) is 0 Å². The van der Waals surface area contributed by atoms with Crippen molar-refractivity contribution in [3.63, 3.8) is 0 Å². The Morgan fingerprint density at radius 1 is 1.46 bits per heavy atom. The first-order valence-electron chi connectivity index (χ1n) is 4.01. The van der Waals surface area contributed by atoms with E-state index in [9.17, 15) is 4.79 Å². The molecule has 0 atom stereocenters. The SMILES string of the molecule is COc1cc(N)c(C)cc1C(C)=O. The summed E-state index contributed by atoms with van der Waals surface area (Å²) < 4.78 is 5.04. The van der Waals surface area contributed by atoms with Crippen molar-refractivity contribution in [1.82, 2.24) is 0 Å². The predicted molar refractivity (Wildman–Crippen MR) is 52.1 cm³/mol. The number of hydrogen-bond acceptors (Lipinski definition) is 3. The molecule has 0 fully saturated rings. The number of Topliss-reactive ketones (excluding diaryl/α,β-unsaturated/α-hetero) is 1. The van der Waals surface area contributed by atoms with E-state index in [-0.39, 0.29) is 5.78 Å². The highest BCUT2D eigenvalue weighted by atomic mass is 16.5. The molecule has 1 aromatic carbocycles. The van der Waals surface area contributed by atoms with E-state index in [1.165, 1.54) is 14.0 Å². The number of nitrogens with two attached hydrogens (primary N) is 1. The Kier molecular flexibility index (Phi) is 2.56. The number of ketones is 1. The van der Waals surface area contributed by atoms with Crippen LogP contribution in [0.5, 0.6) is 5.75 Å². The third-order valence-electron chi connectivity index (χ3n) is 1.97. The van der Waals surface area contributed by atoms with E-state index in [0.29, 0.717) is 17.0 Å². The Bertz CT molecular complexity index is 345. The van der Waals surface area contributed by atoms with E-state index in [4.69, 9.17) is 10.5 Å². The van der Waals surface area contributed by atoms with Crippen molar-refractivity contribution in [2.45, 2.75) is 13.8 Å². The average molecular weight is 179 g/mol. The molecule has 0 aliphatic carbocycles. The minimum atomic E-state index is -0.0139. The van der Waals surface area contributed by atoms with Crippen molar-refractivity contribution in [1.29, 1.82) is 0 Å². The van der Waals surface area contributed by atoms with E-state index in [0.717, 1.165) is 5.56 Å². The summed E-state index contributed by atoms with van der Waals surface area (Å²) in [6.07, 6.45) is 0. The average Bonchev–Trinajstić information content (AvgIpc) is 2.08. The lowest BCUT2D eigenvalue weighted by Gasteiger charge is -2.08. The highest BCUT2D eigenvalue weighted by Crippen LogP contribution is 2.25. The van der Waals surface area contributed by atoms with Gasteiger partial charge in [-0.05, 0) is 25.5 Å². The van der Waals surface area contributed by atoms with Gasteiger partial charge in [0.15, 0.2) is 5.78 Å². The number of ether oxygens (including phenoxy) is 1. The summed E-state index contributed by atoms with van der Waals surface area (Å²) in [4.78, 5) is 11.2. The number of nitrogen functional groups attached to an aromatic ring is 1. The number of anilines is 1. The molecular weight excluding hydrogens is 166 g/mol. The molecule has 1 rings (SSSR count). The molecule has 0 amide bonds. The monoisotopic (exact) mass is 179 g/mol. The van der Waals surface area contributed by atoms with Crippen LogP contribution in [0.4, 0.5) is 5.69 Å². The Hall–Kier alpha value is -1.51. The molecular formula is C10H13NO2. The largest absolute Gasteiger partial charge is 0.496 e. The van der Waals surface area contributed by atoms with Crippen molar-refractivity contribution in [2.75, 3.05) is 12.8 Å². The Labute approximate surface area is 77.5 Å². The zero-order valence-corrected chi connectivity index (χ0v) is 8.05. The van der Waals surface area contributed by atoms with Gasteiger partial charge in [0.2, 0.25) is 0 Å². The lowest BCUT2D eigenvalue weighted by molar-refractivity contribution is 0.101. The Balaban J connectivity index is 3.33. The smallest absolute Gasteiger partial charge is 0.163 e. The molecule has 0 saturated heterocycles. The maximum atomic E-state index is 11.2. The topological polar surface area (TPSA) is 52.3 Å². The molecule has 0 aliphatic rings. The van der Waals surface area contributed by atoms with Crippen LogP contribution in [0, 0.1) is 6.92 Å². The van der Waals surface area contributed by atoms with Gasteiger partial charge in [0.05, 0.1) is 12.7 Å². The number of carbonyl (C=O) groups excluding carboxylic acids is 1. The first-order valence-corrected chi connectivity index (χ1v) is 4.01. The van der Waals surface area contributed by atoms with Crippen LogP contribution in [0.1, 0.15) is 22.8 Å². The van der Waals surface area contributed by atoms with Crippen LogP contribution in [0.2, 0.25) is 0 Å². The molecule has 3 nitrogen and oxygen atoms in total. The Morgan fingerprint density at radius 2 is 2.08 bits per heavy atom. The van der Waals surface area contributed by atoms with Crippen molar-refractivity contribution < 1.29 is 9.53 Å². The first-order chi connectivity index (χ1) is 6.06. The number of carbonyl (C=O) groups is 1. The molecule has 0 aromatic heterocycles. The predicted octanol–water partition coefficient (Wildman–Crippen LogP) is 1.79. The third kappa shape index (κ3) is 1.80. The molecule has 70 valence electrons. The van der Waals surface area contributed by atoms with Gasteiger partial charge in [0.1, 0.15) is 5.75 Å². The fourth-order valence-electron chi connectivity index (χ4n) is 1.15. The molecule has 0 aliphatic heterocycles. The second-order valence-electron chi connectivity index (χ2n) is 2.97. The minimum absolute atomic E-state index is 0.0139. The van der Waals surface area contributed by atoms with Gasteiger partial charge >= 0.3 is 0 Å². The quantitative estimate of drug-likeness (QED) is 0.556. The lowest BCUT2D eigenvalue weighted by Crippen LogP contribution is -2.00. The van der Waals surface area contributed by atoms with Crippen LogP contribution in [-0.2, 0) is 0 Å². The van der Waals surface area contributed by atoms with Gasteiger partial charge in [-0.3, -0.25) is 4.79 Å². The molecule has 0 radical (unpaired) electrons. The molecule has 3 heteroatoms. The second kappa shape index (κ2) is 3.47. The fraction of sp³-hybridized carbons (Fsp3) is 0.300.